The van der Waals surface area contributed by atoms with E-state index in [4.69, 9.17) is 0 Å². The molecule has 0 bridgehead atoms. The van der Waals surface area contributed by atoms with Crippen LogP contribution in [0.4, 0.5) is 11.4 Å². The third kappa shape index (κ3) is 4.47. The van der Waals surface area contributed by atoms with Crippen LogP contribution in [0, 0.1) is 19.3 Å². The van der Waals surface area contributed by atoms with Gasteiger partial charge in [0.2, 0.25) is 5.91 Å². The molecule has 1 aliphatic heterocycles. The number of carbonyl (C=O) groups excluding carboxylic acids is 1. The van der Waals surface area contributed by atoms with Gasteiger partial charge in [-0.2, -0.15) is 0 Å². The summed E-state index contributed by atoms with van der Waals surface area (Å²) in [6.45, 7) is 14.5. The van der Waals surface area contributed by atoms with Crippen LogP contribution >= 0.6 is 0 Å². The monoisotopic (exact) mass is 303 g/mol. The van der Waals surface area contributed by atoms with E-state index in [-0.39, 0.29) is 11.3 Å². The van der Waals surface area contributed by atoms with Crippen LogP contribution in [-0.4, -0.2) is 32.1 Å². The van der Waals surface area contributed by atoms with Crippen LogP contribution in [0.1, 0.15) is 38.3 Å². The number of aryl methyl sites for hydroxylation is 2. The highest BCUT2D eigenvalue weighted by Crippen LogP contribution is 2.28. The number of hydrogen-bond donors (Lipinski definition) is 2. The molecular formula is C18H29N3O. The number of carbonyl (C=O) groups is 1. The van der Waals surface area contributed by atoms with Crippen molar-refractivity contribution in [2.75, 3.05) is 36.4 Å². The van der Waals surface area contributed by atoms with Crippen molar-refractivity contribution in [2.45, 2.75) is 41.0 Å². The predicted octanol–water partition coefficient (Wildman–Crippen LogP) is 3.09. The lowest BCUT2D eigenvalue weighted by Crippen LogP contribution is -2.43. The minimum absolute atomic E-state index is 0.00658. The summed E-state index contributed by atoms with van der Waals surface area (Å²) in [5.74, 6) is 0.0913. The van der Waals surface area contributed by atoms with Gasteiger partial charge in [-0.1, -0.05) is 20.8 Å². The average Bonchev–Trinajstić information content (AvgIpc) is 2.41. The Bertz CT molecular complexity index is 517. The first-order valence-corrected chi connectivity index (χ1v) is 8.13. The standard InChI is InChI=1S/C18H29N3O/c1-13-10-15(21-8-6-19-7-9-21)11-14(2)17(13)20-16(22)12-18(3,4)5/h10-11,19H,6-9,12H2,1-5H3,(H,20,22). The second kappa shape index (κ2) is 6.69. The highest BCUT2D eigenvalue weighted by Gasteiger charge is 2.18. The summed E-state index contributed by atoms with van der Waals surface area (Å²) >= 11 is 0. The maximum absolute atomic E-state index is 12.2. The summed E-state index contributed by atoms with van der Waals surface area (Å²) in [5, 5.41) is 6.47. The van der Waals surface area contributed by atoms with Crippen molar-refractivity contribution in [1.82, 2.24) is 5.32 Å². The number of amides is 1. The molecule has 1 fully saturated rings. The quantitative estimate of drug-likeness (QED) is 0.902. The summed E-state index contributed by atoms with van der Waals surface area (Å²) < 4.78 is 0. The van der Waals surface area contributed by atoms with E-state index in [0.29, 0.717) is 6.42 Å². The molecule has 0 atom stereocenters. The molecule has 122 valence electrons. The Morgan fingerprint density at radius 3 is 2.23 bits per heavy atom. The molecule has 4 heteroatoms. The van der Waals surface area contributed by atoms with Gasteiger partial charge in [-0.15, -0.1) is 0 Å². The normalized spacial score (nSPS) is 15.8. The molecule has 2 rings (SSSR count). The molecule has 0 aromatic heterocycles. The molecule has 1 aromatic rings. The summed E-state index contributed by atoms with van der Waals surface area (Å²) in [4.78, 5) is 14.6. The minimum atomic E-state index is 0.00658. The highest BCUT2D eigenvalue weighted by atomic mass is 16.1. The van der Waals surface area contributed by atoms with Crippen LogP contribution in [0.3, 0.4) is 0 Å². The van der Waals surface area contributed by atoms with Gasteiger partial charge in [-0.05, 0) is 42.5 Å². The summed E-state index contributed by atoms with van der Waals surface area (Å²) in [5.41, 5.74) is 4.50. The van der Waals surface area contributed by atoms with E-state index in [1.165, 1.54) is 5.69 Å². The van der Waals surface area contributed by atoms with Gasteiger partial charge in [-0.25, -0.2) is 0 Å². The number of rotatable bonds is 3. The fraction of sp³-hybridized carbons (Fsp3) is 0.611. The molecule has 0 radical (unpaired) electrons. The second-order valence-electron chi connectivity index (χ2n) is 7.48. The Kier molecular flexibility index (Phi) is 5.12. The summed E-state index contributed by atoms with van der Waals surface area (Å²) in [7, 11) is 0. The van der Waals surface area contributed by atoms with Crippen molar-refractivity contribution in [1.29, 1.82) is 0 Å². The third-order valence-electron chi connectivity index (χ3n) is 3.95. The first-order valence-electron chi connectivity index (χ1n) is 8.13. The first-order chi connectivity index (χ1) is 10.3. The van der Waals surface area contributed by atoms with Crippen LogP contribution in [0.15, 0.2) is 12.1 Å². The molecule has 4 nitrogen and oxygen atoms in total. The minimum Gasteiger partial charge on any atom is -0.369 e. The zero-order chi connectivity index (χ0) is 16.3. The fourth-order valence-electron chi connectivity index (χ4n) is 2.91. The number of nitrogens with zero attached hydrogens (tertiary/aromatic N) is 1. The average molecular weight is 303 g/mol. The molecule has 1 saturated heterocycles. The molecule has 22 heavy (non-hydrogen) atoms. The van der Waals surface area contributed by atoms with E-state index in [9.17, 15) is 4.79 Å². The Balaban J connectivity index is 2.14. The zero-order valence-electron chi connectivity index (χ0n) is 14.5. The van der Waals surface area contributed by atoms with Crippen molar-refractivity contribution in [3.05, 3.63) is 23.3 Å². The largest absolute Gasteiger partial charge is 0.369 e. The van der Waals surface area contributed by atoms with Crippen LogP contribution in [-0.2, 0) is 4.79 Å². The topological polar surface area (TPSA) is 44.4 Å². The van der Waals surface area contributed by atoms with E-state index in [1.54, 1.807) is 0 Å². The van der Waals surface area contributed by atoms with E-state index < -0.39 is 0 Å². The van der Waals surface area contributed by atoms with Gasteiger partial charge in [0.15, 0.2) is 0 Å². The van der Waals surface area contributed by atoms with E-state index in [0.717, 1.165) is 43.0 Å². The summed E-state index contributed by atoms with van der Waals surface area (Å²) in [6, 6.07) is 4.37. The number of benzene rings is 1. The van der Waals surface area contributed by atoms with Crippen molar-refractivity contribution >= 4 is 17.3 Å². The molecule has 1 aromatic carbocycles. The molecule has 2 N–H and O–H groups in total. The molecule has 0 saturated carbocycles. The number of piperazine rings is 1. The Labute approximate surface area is 134 Å². The number of hydrogen-bond acceptors (Lipinski definition) is 3. The van der Waals surface area contributed by atoms with Gasteiger partial charge in [-0.3, -0.25) is 4.79 Å². The van der Waals surface area contributed by atoms with Gasteiger partial charge in [0.25, 0.3) is 0 Å². The summed E-state index contributed by atoms with van der Waals surface area (Å²) in [6.07, 6.45) is 0.533. The van der Waals surface area contributed by atoms with E-state index in [1.807, 2.05) is 0 Å². The van der Waals surface area contributed by atoms with Crippen LogP contribution < -0.4 is 15.5 Å². The van der Waals surface area contributed by atoms with Crippen LogP contribution in [0.2, 0.25) is 0 Å². The second-order valence-corrected chi connectivity index (χ2v) is 7.48. The van der Waals surface area contributed by atoms with Crippen molar-refractivity contribution in [3.63, 3.8) is 0 Å². The first kappa shape index (κ1) is 16.8. The SMILES string of the molecule is Cc1cc(N2CCNCC2)cc(C)c1NC(=O)CC(C)(C)C. The Hall–Kier alpha value is -1.55. The van der Waals surface area contributed by atoms with Gasteiger partial charge in [0.1, 0.15) is 0 Å². The van der Waals surface area contributed by atoms with Gasteiger partial charge >= 0.3 is 0 Å². The predicted molar refractivity (Wildman–Crippen MR) is 93.7 cm³/mol. The van der Waals surface area contributed by atoms with Crippen molar-refractivity contribution < 1.29 is 4.79 Å². The lowest BCUT2D eigenvalue weighted by molar-refractivity contribution is -0.117. The van der Waals surface area contributed by atoms with Gasteiger partial charge < -0.3 is 15.5 Å². The van der Waals surface area contributed by atoms with Crippen LogP contribution in [0.5, 0.6) is 0 Å². The maximum Gasteiger partial charge on any atom is 0.224 e. The molecule has 1 heterocycles. The van der Waals surface area contributed by atoms with Crippen LogP contribution in [0.25, 0.3) is 0 Å². The van der Waals surface area contributed by atoms with Crippen molar-refractivity contribution in [2.24, 2.45) is 5.41 Å². The number of anilines is 2. The fourth-order valence-corrected chi connectivity index (χ4v) is 2.91. The smallest absolute Gasteiger partial charge is 0.224 e. The molecule has 0 unspecified atom stereocenters. The molecule has 1 amide bonds. The Morgan fingerprint density at radius 1 is 1.18 bits per heavy atom. The van der Waals surface area contributed by atoms with Crippen molar-refractivity contribution in [3.8, 4) is 0 Å². The zero-order valence-corrected chi connectivity index (χ0v) is 14.5. The maximum atomic E-state index is 12.2. The molecular weight excluding hydrogens is 274 g/mol. The van der Waals surface area contributed by atoms with Gasteiger partial charge in [0, 0.05) is 44.0 Å². The highest BCUT2D eigenvalue weighted by molar-refractivity contribution is 5.93. The molecule has 1 aliphatic rings. The Morgan fingerprint density at radius 2 is 1.73 bits per heavy atom. The third-order valence-corrected chi connectivity index (χ3v) is 3.95. The molecule has 0 spiro atoms. The van der Waals surface area contributed by atoms with Gasteiger partial charge in [0.05, 0.1) is 0 Å². The lowest BCUT2D eigenvalue weighted by atomic mass is 9.92. The van der Waals surface area contributed by atoms with E-state index in [2.05, 4.69) is 62.3 Å². The van der Waals surface area contributed by atoms with E-state index >= 15 is 0 Å². The molecule has 0 aliphatic carbocycles. The lowest BCUT2D eigenvalue weighted by Gasteiger charge is -2.30. The number of nitrogens with one attached hydrogen (secondary N) is 2.